The highest BCUT2D eigenvalue weighted by molar-refractivity contribution is 5.73. The molecule has 3 rings (SSSR count). The maximum absolute atomic E-state index is 11.8. The third-order valence-corrected chi connectivity index (χ3v) is 4.22. The Labute approximate surface area is 117 Å². The molecule has 2 fully saturated rings. The third kappa shape index (κ3) is 2.35. The number of amides is 1. The lowest BCUT2D eigenvalue weighted by atomic mass is 9.58. The smallest absolute Gasteiger partial charge is 0.410 e. The summed E-state index contributed by atoms with van der Waals surface area (Å²) >= 11 is 0. The number of ether oxygens (including phenoxy) is 1. The number of hydrogen-bond donors (Lipinski definition) is 1. The van der Waals surface area contributed by atoms with Crippen LogP contribution in [0.2, 0.25) is 0 Å². The Hall–Kier alpha value is -2.04. The lowest BCUT2D eigenvalue weighted by molar-refractivity contribution is -0.158. The van der Waals surface area contributed by atoms with Gasteiger partial charge in [-0.2, -0.15) is 0 Å². The van der Waals surface area contributed by atoms with Crippen molar-refractivity contribution in [3.05, 3.63) is 35.9 Å². The molecular weight excluding hydrogens is 258 g/mol. The predicted octanol–water partition coefficient (Wildman–Crippen LogP) is 2.12. The topological polar surface area (TPSA) is 66.8 Å². The quantitative estimate of drug-likeness (QED) is 0.917. The zero-order chi connectivity index (χ0) is 14.2. The zero-order valence-electron chi connectivity index (χ0n) is 11.1. The minimum Gasteiger partial charge on any atom is -0.481 e. The average molecular weight is 275 g/mol. The van der Waals surface area contributed by atoms with Crippen LogP contribution in [0.15, 0.2) is 30.3 Å². The number of aliphatic carboxylic acids is 1. The fourth-order valence-corrected chi connectivity index (χ4v) is 3.12. The van der Waals surface area contributed by atoms with Crippen LogP contribution in [0.4, 0.5) is 4.79 Å². The summed E-state index contributed by atoms with van der Waals surface area (Å²) in [6.45, 7) is 1.54. The highest BCUT2D eigenvalue weighted by Crippen LogP contribution is 2.52. The Morgan fingerprint density at radius 1 is 1.25 bits per heavy atom. The van der Waals surface area contributed by atoms with Gasteiger partial charge in [0.25, 0.3) is 0 Å². The van der Waals surface area contributed by atoms with Gasteiger partial charge in [-0.1, -0.05) is 30.3 Å². The molecule has 5 heteroatoms. The number of hydrogen-bond acceptors (Lipinski definition) is 3. The fourth-order valence-electron chi connectivity index (χ4n) is 3.12. The van der Waals surface area contributed by atoms with Crippen molar-refractivity contribution in [2.24, 2.45) is 11.3 Å². The molecule has 1 heterocycles. The lowest BCUT2D eigenvalue weighted by Crippen LogP contribution is -2.64. The number of carbonyl (C=O) groups is 2. The Morgan fingerprint density at radius 2 is 1.90 bits per heavy atom. The highest BCUT2D eigenvalue weighted by Gasteiger charge is 2.56. The number of rotatable bonds is 3. The second kappa shape index (κ2) is 4.81. The van der Waals surface area contributed by atoms with Crippen molar-refractivity contribution >= 4 is 12.1 Å². The molecule has 106 valence electrons. The van der Waals surface area contributed by atoms with Gasteiger partial charge >= 0.3 is 12.1 Å². The molecule has 1 saturated carbocycles. The van der Waals surface area contributed by atoms with Crippen LogP contribution < -0.4 is 0 Å². The summed E-state index contributed by atoms with van der Waals surface area (Å²) in [5, 5.41) is 8.87. The van der Waals surface area contributed by atoms with Gasteiger partial charge in [-0.15, -0.1) is 0 Å². The van der Waals surface area contributed by atoms with E-state index in [1.165, 1.54) is 0 Å². The first-order valence-corrected chi connectivity index (χ1v) is 6.76. The number of carboxylic acid groups (broad SMARTS) is 1. The van der Waals surface area contributed by atoms with E-state index < -0.39 is 5.97 Å². The summed E-state index contributed by atoms with van der Waals surface area (Å²) in [6.07, 6.45) is 1.06. The second-order valence-corrected chi connectivity index (χ2v) is 5.84. The first kappa shape index (κ1) is 13.0. The van der Waals surface area contributed by atoms with E-state index in [2.05, 4.69) is 0 Å². The molecule has 0 unspecified atom stereocenters. The molecule has 1 aromatic carbocycles. The van der Waals surface area contributed by atoms with Crippen molar-refractivity contribution in [3.8, 4) is 0 Å². The normalized spacial score (nSPS) is 20.1. The second-order valence-electron chi connectivity index (χ2n) is 5.84. The Balaban J connectivity index is 1.42. The third-order valence-electron chi connectivity index (χ3n) is 4.22. The summed E-state index contributed by atoms with van der Waals surface area (Å²) in [7, 11) is 0. The molecule has 0 bridgehead atoms. The molecule has 1 aliphatic carbocycles. The number of nitrogens with zero attached hydrogens (tertiary/aromatic N) is 1. The van der Waals surface area contributed by atoms with Crippen molar-refractivity contribution in [1.29, 1.82) is 0 Å². The van der Waals surface area contributed by atoms with E-state index in [0.29, 0.717) is 25.9 Å². The maximum Gasteiger partial charge on any atom is 0.410 e. The van der Waals surface area contributed by atoms with Crippen LogP contribution in [-0.4, -0.2) is 35.2 Å². The molecule has 0 radical (unpaired) electrons. The molecule has 2 aliphatic rings. The van der Waals surface area contributed by atoms with E-state index in [9.17, 15) is 9.59 Å². The number of carboxylic acids is 1. The lowest BCUT2D eigenvalue weighted by Gasteiger charge is -2.57. The molecule has 20 heavy (non-hydrogen) atoms. The van der Waals surface area contributed by atoms with Crippen molar-refractivity contribution in [1.82, 2.24) is 4.90 Å². The van der Waals surface area contributed by atoms with Crippen LogP contribution in [0.3, 0.4) is 0 Å². The van der Waals surface area contributed by atoms with Gasteiger partial charge < -0.3 is 14.7 Å². The molecule has 5 nitrogen and oxygen atoms in total. The summed E-state index contributed by atoms with van der Waals surface area (Å²) in [6, 6.07) is 9.55. The summed E-state index contributed by atoms with van der Waals surface area (Å²) in [5.74, 6) is -0.946. The Kier molecular flexibility index (Phi) is 3.12. The first-order chi connectivity index (χ1) is 9.58. The van der Waals surface area contributed by atoms with Crippen LogP contribution in [0.25, 0.3) is 0 Å². The summed E-state index contributed by atoms with van der Waals surface area (Å²) < 4.78 is 5.24. The van der Waals surface area contributed by atoms with Crippen LogP contribution in [0.1, 0.15) is 18.4 Å². The van der Waals surface area contributed by atoms with Gasteiger partial charge in [-0.25, -0.2) is 4.79 Å². The standard InChI is InChI=1S/C15H17NO4/c17-13(18)12-6-15(7-12)9-16(10-15)14(19)20-8-11-4-2-1-3-5-11/h1-5,12H,6-10H2,(H,17,18). The molecule has 0 aromatic heterocycles. The minimum absolute atomic E-state index is 0.0504. The Bertz CT molecular complexity index is 514. The molecule has 1 aliphatic heterocycles. The van der Waals surface area contributed by atoms with Crippen LogP contribution in [0, 0.1) is 11.3 Å². The van der Waals surface area contributed by atoms with Gasteiger partial charge in [0.05, 0.1) is 5.92 Å². The fraction of sp³-hybridized carbons (Fsp3) is 0.467. The van der Waals surface area contributed by atoms with Crippen molar-refractivity contribution < 1.29 is 19.4 Å². The number of carbonyl (C=O) groups excluding carboxylic acids is 1. The van der Waals surface area contributed by atoms with Crippen LogP contribution >= 0.6 is 0 Å². The molecule has 1 aromatic rings. The largest absolute Gasteiger partial charge is 0.481 e. The SMILES string of the molecule is O=C(O)C1CC2(C1)CN(C(=O)OCc1ccccc1)C2. The van der Waals surface area contributed by atoms with Crippen molar-refractivity contribution in [3.63, 3.8) is 0 Å². The molecule has 1 saturated heterocycles. The van der Waals surface area contributed by atoms with E-state index in [1.807, 2.05) is 30.3 Å². The molecule has 0 atom stereocenters. The highest BCUT2D eigenvalue weighted by atomic mass is 16.6. The van der Waals surface area contributed by atoms with Gasteiger partial charge in [-0.3, -0.25) is 4.79 Å². The monoisotopic (exact) mass is 275 g/mol. The molecule has 1 spiro atoms. The van der Waals surface area contributed by atoms with E-state index >= 15 is 0 Å². The van der Waals surface area contributed by atoms with Gasteiger partial charge in [-0.05, 0) is 18.4 Å². The number of benzene rings is 1. The predicted molar refractivity (Wildman–Crippen MR) is 71.0 cm³/mol. The first-order valence-electron chi connectivity index (χ1n) is 6.76. The molecular formula is C15H17NO4. The van der Waals surface area contributed by atoms with Crippen molar-refractivity contribution in [2.45, 2.75) is 19.4 Å². The van der Waals surface area contributed by atoms with E-state index in [4.69, 9.17) is 9.84 Å². The maximum atomic E-state index is 11.8. The molecule has 1 amide bonds. The van der Waals surface area contributed by atoms with E-state index in [0.717, 1.165) is 5.56 Å². The van der Waals surface area contributed by atoms with Gasteiger partial charge in [0.15, 0.2) is 0 Å². The van der Waals surface area contributed by atoms with Crippen molar-refractivity contribution in [2.75, 3.05) is 13.1 Å². The minimum atomic E-state index is -0.722. The zero-order valence-corrected chi connectivity index (χ0v) is 11.1. The average Bonchev–Trinajstić information content (AvgIpc) is 2.34. The van der Waals surface area contributed by atoms with Crippen LogP contribution in [0.5, 0.6) is 0 Å². The van der Waals surface area contributed by atoms with Gasteiger partial charge in [0, 0.05) is 18.5 Å². The summed E-state index contributed by atoms with van der Waals surface area (Å²) in [5.41, 5.74) is 1.01. The number of likely N-dealkylation sites (tertiary alicyclic amines) is 1. The molecule has 1 N–H and O–H groups in total. The van der Waals surface area contributed by atoms with Gasteiger partial charge in [0.1, 0.15) is 6.61 Å². The van der Waals surface area contributed by atoms with E-state index in [-0.39, 0.29) is 24.0 Å². The Morgan fingerprint density at radius 3 is 2.50 bits per heavy atom. The summed E-state index contributed by atoms with van der Waals surface area (Å²) in [4.78, 5) is 24.3. The van der Waals surface area contributed by atoms with E-state index in [1.54, 1.807) is 4.90 Å². The van der Waals surface area contributed by atoms with Gasteiger partial charge in [0.2, 0.25) is 0 Å². The van der Waals surface area contributed by atoms with Crippen LogP contribution in [-0.2, 0) is 16.1 Å².